The number of aromatic nitrogens is 2. The Hall–Kier alpha value is -3.22. The fourth-order valence-electron chi connectivity index (χ4n) is 2.86. The second-order valence-corrected chi connectivity index (χ2v) is 7.22. The summed E-state index contributed by atoms with van der Waals surface area (Å²) in [6, 6.07) is 8.24. The minimum atomic E-state index is -0.602. The zero-order valence-corrected chi connectivity index (χ0v) is 15.3. The standard InChI is InChI=1S/C20H20FN3O3/c1-20(2,3)27-18(25)11-24-10-15(19(22)26)14-8-12(4-6-16(14)24)13-5-7-17(21)23-9-13/h4-10H,11H2,1-3H3,(H2,22,26). The summed E-state index contributed by atoms with van der Waals surface area (Å²) in [6.45, 7) is 5.32. The number of carbonyl (C=O) groups excluding carboxylic acids is 2. The quantitative estimate of drug-likeness (QED) is 0.565. The van der Waals surface area contributed by atoms with Crippen LogP contribution in [0.15, 0.2) is 42.7 Å². The Bertz CT molecular complexity index is 1020. The minimum absolute atomic E-state index is 0.0432. The summed E-state index contributed by atoms with van der Waals surface area (Å²) in [4.78, 5) is 27.7. The fourth-order valence-corrected chi connectivity index (χ4v) is 2.86. The molecule has 0 atom stereocenters. The molecular weight excluding hydrogens is 349 g/mol. The highest BCUT2D eigenvalue weighted by Crippen LogP contribution is 2.28. The molecule has 0 saturated carbocycles. The number of hydrogen-bond acceptors (Lipinski definition) is 4. The van der Waals surface area contributed by atoms with Crippen molar-refractivity contribution in [3.63, 3.8) is 0 Å². The first-order valence-corrected chi connectivity index (χ1v) is 8.40. The van der Waals surface area contributed by atoms with Crippen LogP contribution in [0.2, 0.25) is 0 Å². The Morgan fingerprint density at radius 3 is 2.48 bits per heavy atom. The zero-order chi connectivity index (χ0) is 19.8. The molecule has 2 aromatic heterocycles. The number of halogens is 1. The lowest BCUT2D eigenvalue weighted by molar-refractivity contribution is -0.155. The van der Waals surface area contributed by atoms with Crippen LogP contribution in [0.4, 0.5) is 4.39 Å². The van der Waals surface area contributed by atoms with Crippen molar-refractivity contribution in [2.45, 2.75) is 32.9 Å². The fraction of sp³-hybridized carbons (Fsp3) is 0.250. The van der Waals surface area contributed by atoms with Crippen molar-refractivity contribution in [2.24, 2.45) is 5.73 Å². The van der Waals surface area contributed by atoms with E-state index in [1.807, 2.05) is 6.07 Å². The molecule has 7 heteroatoms. The van der Waals surface area contributed by atoms with E-state index in [4.69, 9.17) is 10.5 Å². The lowest BCUT2D eigenvalue weighted by atomic mass is 10.0. The molecule has 0 spiro atoms. The van der Waals surface area contributed by atoms with Gasteiger partial charge in [0.25, 0.3) is 5.91 Å². The van der Waals surface area contributed by atoms with Crippen molar-refractivity contribution >= 4 is 22.8 Å². The third-order valence-electron chi connectivity index (χ3n) is 3.93. The minimum Gasteiger partial charge on any atom is -0.459 e. The summed E-state index contributed by atoms with van der Waals surface area (Å²) in [6.07, 6.45) is 2.96. The molecule has 0 fully saturated rings. The number of ether oxygens (including phenoxy) is 1. The molecule has 140 valence electrons. The van der Waals surface area contributed by atoms with Crippen LogP contribution in [0, 0.1) is 5.95 Å². The van der Waals surface area contributed by atoms with E-state index in [1.165, 1.54) is 12.3 Å². The Balaban J connectivity index is 2.03. The van der Waals surface area contributed by atoms with Gasteiger partial charge in [-0.3, -0.25) is 9.59 Å². The number of esters is 1. The molecular formula is C20H20FN3O3. The molecule has 1 amide bonds. The van der Waals surface area contributed by atoms with Crippen molar-refractivity contribution < 1.29 is 18.7 Å². The third-order valence-corrected chi connectivity index (χ3v) is 3.93. The highest BCUT2D eigenvalue weighted by atomic mass is 19.1. The summed E-state index contributed by atoms with van der Waals surface area (Å²) in [5.41, 5.74) is 7.33. The van der Waals surface area contributed by atoms with Gasteiger partial charge in [0.1, 0.15) is 12.1 Å². The molecule has 1 aromatic carbocycles. The van der Waals surface area contributed by atoms with E-state index in [2.05, 4.69) is 4.98 Å². The monoisotopic (exact) mass is 369 g/mol. The molecule has 0 unspecified atom stereocenters. The van der Waals surface area contributed by atoms with Gasteiger partial charge < -0.3 is 15.0 Å². The molecule has 3 aromatic rings. The molecule has 2 N–H and O–H groups in total. The van der Waals surface area contributed by atoms with Crippen molar-refractivity contribution in [1.82, 2.24) is 9.55 Å². The number of nitrogens with zero attached hydrogens (tertiary/aromatic N) is 2. The maximum absolute atomic E-state index is 13.0. The summed E-state index contributed by atoms with van der Waals surface area (Å²) >= 11 is 0. The first kappa shape index (κ1) is 18.6. The number of carbonyl (C=O) groups is 2. The summed E-state index contributed by atoms with van der Waals surface area (Å²) in [5, 5.41) is 0.605. The summed E-state index contributed by atoms with van der Waals surface area (Å²) < 4.78 is 20.0. The van der Waals surface area contributed by atoms with E-state index in [1.54, 1.807) is 49.7 Å². The molecule has 0 bridgehead atoms. The van der Waals surface area contributed by atoms with Gasteiger partial charge in [-0.2, -0.15) is 4.39 Å². The highest BCUT2D eigenvalue weighted by Gasteiger charge is 2.19. The summed E-state index contributed by atoms with van der Waals surface area (Å²) in [7, 11) is 0. The van der Waals surface area contributed by atoms with Crippen LogP contribution in [0.1, 0.15) is 31.1 Å². The predicted octanol–water partition coefficient (Wildman–Crippen LogP) is 3.28. The second-order valence-electron chi connectivity index (χ2n) is 7.22. The van der Waals surface area contributed by atoms with E-state index in [0.29, 0.717) is 22.0 Å². The maximum Gasteiger partial charge on any atom is 0.326 e. The number of benzene rings is 1. The largest absolute Gasteiger partial charge is 0.459 e. The second kappa shape index (κ2) is 6.83. The van der Waals surface area contributed by atoms with Crippen LogP contribution in [0.3, 0.4) is 0 Å². The van der Waals surface area contributed by atoms with Gasteiger partial charge in [-0.05, 0) is 50.6 Å². The number of primary amides is 1. The lowest BCUT2D eigenvalue weighted by Gasteiger charge is -2.19. The number of pyridine rings is 1. The maximum atomic E-state index is 13.0. The molecule has 0 aliphatic heterocycles. The first-order valence-electron chi connectivity index (χ1n) is 8.40. The van der Waals surface area contributed by atoms with E-state index in [-0.39, 0.29) is 6.54 Å². The molecule has 0 radical (unpaired) electrons. The lowest BCUT2D eigenvalue weighted by Crippen LogP contribution is -2.26. The van der Waals surface area contributed by atoms with Gasteiger partial charge in [0, 0.05) is 28.9 Å². The number of amides is 1. The summed E-state index contributed by atoms with van der Waals surface area (Å²) in [5.74, 6) is -1.58. The molecule has 2 heterocycles. The van der Waals surface area contributed by atoms with Crippen molar-refractivity contribution in [1.29, 1.82) is 0 Å². The van der Waals surface area contributed by atoms with Crippen LogP contribution in [0.5, 0.6) is 0 Å². The molecule has 0 saturated heterocycles. The van der Waals surface area contributed by atoms with E-state index in [0.717, 1.165) is 5.56 Å². The number of hydrogen-bond donors (Lipinski definition) is 1. The van der Waals surface area contributed by atoms with E-state index in [9.17, 15) is 14.0 Å². The van der Waals surface area contributed by atoms with Gasteiger partial charge in [-0.25, -0.2) is 4.98 Å². The van der Waals surface area contributed by atoms with Crippen molar-refractivity contribution in [3.8, 4) is 11.1 Å². The molecule has 0 aliphatic rings. The topological polar surface area (TPSA) is 87.2 Å². The van der Waals surface area contributed by atoms with Gasteiger partial charge in [0.2, 0.25) is 5.95 Å². The Kier molecular flexibility index (Phi) is 4.70. The number of fused-ring (bicyclic) bond motifs is 1. The van der Waals surface area contributed by atoms with Crippen LogP contribution < -0.4 is 5.73 Å². The molecule has 6 nitrogen and oxygen atoms in total. The van der Waals surface area contributed by atoms with Gasteiger partial charge in [-0.1, -0.05) is 6.07 Å². The van der Waals surface area contributed by atoms with Crippen LogP contribution in [-0.2, 0) is 16.1 Å². The Morgan fingerprint density at radius 1 is 1.19 bits per heavy atom. The average molecular weight is 369 g/mol. The molecule has 3 rings (SSSR count). The molecule has 27 heavy (non-hydrogen) atoms. The Morgan fingerprint density at radius 2 is 1.89 bits per heavy atom. The van der Waals surface area contributed by atoms with Gasteiger partial charge in [0.05, 0.1) is 5.56 Å². The normalized spacial score (nSPS) is 11.6. The first-order chi connectivity index (χ1) is 12.6. The van der Waals surface area contributed by atoms with Crippen LogP contribution in [0.25, 0.3) is 22.0 Å². The van der Waals surface area contributed by atoms with Gasteiger partial charge in [-0.15, -0.1) is 0 Å². The predicted molar refractivity (Wildman–Crippen MR) is 99.5 cm³/mol. The van der Waals surface area contributed by atoms with E-state index >= 15 is 0 Å². The van der Waals surface area contributed by atoms with Gasteiger partial charge >= 0.3 is 5.97 Å². The van der Waals surface area contributed by atoms with Gasteiger partial charge in [0.15, 0.2) is 0 Å². The highest BCUT2D eigenvalue weighted by molar-refractivity contribution is 6.07. The van der Waals surface area contributed by atoms with Crippen LogP contribution in [-0.4, -0.2) is 27.0 Å². The molecule has 0 aliphatic carbocycles. The van der Waals surface area contributed by atoms with Crippen molar-refractivity contribution in [3.05, 3.63) is 54.2 Å². The zero-order valence-electron chi connectivity index (χ0n) is 15.3. The van der Waals surface area contributed by atoms with Crippen molar-refractivity contribution in [2.75, 3.05) is 0 Å². The number of nitrogens with two attached hydrogens (primary N) is 1. The van der Waals surface area contributed by atoms with Crippen LogP contribution >= 0.6 is 0 Å². The Labute approximate surface area is 155 Å². The number of rotatable bonds is 4. The van der Waals surface area contributed by atoms with E-state index < -0.39 is 23.4 Å². The SMILES string of the molecule is CC(C)(C)OC(=O)Cn1cc(C(N)=O)c2cc(-c3ccc(F)nc3)ccc21. The third kappa shape index (κ3) is 4.13. The average Bonchev–Trinajstić information content (AvgIpc) is 2.92. The smallest absolute Gasteiger partial charge is 0.326 e.